The van der Waals surface area contributed by atoms with E-state index in [4.69, 9.17) is 26.3 Å². The SMILES string of the molecule is CC1=C(C#N)C(=O)N(N(C)C(=O)C(C)C)C(=O)C1.CC1=C(C#N)C(=O)N(N(C)C)C(=O)C1.CC1=C(C#N)C(=O)N(N2CCCCC2)C(=O)C1.CCCCN(CCCC)N1C(=O)CC(C)=C(C#N)C1=O.CCN(C(=O)C(C)(C)C)N1C(=O)CC(C)=C(C#N)C1=O. The Bertz CT molecular complexity index is 3240. The lowest BCUT2D eigenvalue weighted by Crippen LogP contribution is -2.57. The van der Waals surface area contributed by atoms with Crippen molar-refractivity contribution in [1.29, 1.82) is 26.3 Å². The summed E-state index contributed by atoms with van der Waals surface area (Å²) in [5.74, 6) is -5.64. The Morgan fingerprint density at radius 1 is 0.483 bits per heavy atom. The van der Waals surface area contributed by atoms with Crippen LogP contribution in [0.1, 0.15) is 167 Å². The van der Waals surface area contributed by atoms with Crippen LogP contribution in [-0.2, 0) is 57.5 Å². The zero-order chi connectivity index (χ0) is 68.1. The molecule has 27 nitrogen and oxygen atoms in total. The van der Waals surface area contributed by atoms with Crippen LogP contribution in [0.25, 0.3) is 0 Å². The van der Waals surface area contributed by atoms with Gasteiger partial charge in [0.05, 0.1) is 32.1 Å². The Kier molecular flexibility index (Phi) is 29.2. The second-order valence-electron chi connectivity index (χ2n) is 23.1. The number of imide groups is 5. The van der Waals surface area contributed by atoms with Crippen molar-refractivity contribution in [3.8, 4) is 30.3 Å². The molecule has 1 fully saturated rings. The van der Waals surface area contributed by atoms with Crippen molar-refractivity contribution in [2.45, 2.75) is 167 Å². The van der Waals surface area contributed by atoms with Crippen LogP contribution in [0.2, 0.25) is 0 Å². The number of amides is 12. The van der Waals surface area contributed by atoms with Crippen LogP contribution in [0.15, 0.2) is 55.7 Å². The molecule has 0 N–H and O–H groups in total. The molecule has 0 saturated carbocycles. The fourth-order valence-electron chi connectivity index (χ4n) is 9.51. The first-order valence-electron chi connectivity index (χ1n) is 29.3. The minimum atomic E-state index is -0.734. The van der Waals surface area contributed by atoms with Gasteiger partial charge in [0.15, 0.2) is 0 Å². The van der Waals surface area contributed by atoms with Crippen molar-refractivity contribution in [2.75, 3.05) is 53.9 Å². The summed E-state index contributed by atoms with van der Waals surface area (Å²) in [5.41, 5.74) is 2.02. The van der Waals surface area contributed by atoms with Gasteiger partial charge in [0.2, 0.25) is 29.5 Å². The van der Waals surface area contributed by atoms with Crippen molar-refractivity contribution < 1.29 is 57.5 Å². The van der Waals surface area contributed by atoms with Crippen LogP contribution in [0.5, 0.6) is 0 Å². The molecule has 0 radical (unpaired) electrons. The van der Waals surface area contributed by atoms with Gasteiger partial charge < -0.3 is 0 Å². The first kappa shape index (κ1) is 75.8. The summed E-state index contributed by atoms with van der Waals surface area (Å²) < 4.78 is 0. The van der Waals surface area contributed by atoms with E-state index in [-0.39, 0.29) is 102 Å². The van der Waals surface area contributed by atoms with Crippen molar-refractivity contribution in [2.24, 2.45) is 11.3 Å². The molecule has 0 aromatic rings. The second kappa shape index (κ2) is 34.3. The van der Waals surface area contributed by atoms with Crippen molar-refractivity contribution in [3.05, 3.63) is 55.7 Å². The van der Waals surface area contributed by atoms with Crippen LogP contribution < -0.4 is 0 Å². The van der Waals surface area contributed by atoms with Crippen LogP contribution in [0.4, 0.5) is 0 Å². The molecule has 0 aliphatic carbocycles. The molecule has 6 rings (SSSR count). The van der Waals surface area contributed by atoms with Gasteiger partial charge in [0.1, 0.15) is 58.2 Å². The Labute approximate surface area is 521 Å². The topological polar surface area (TPSA) is 356 Å². The van der Waals surface area contributed by atoms with Crippen molar-refractivity contribution in [3.63, 3.8) is 0 Å². The molecular formula is C62H83N15O12. The highest BCUT2D eigenvalue weighted by molar-refractivity contribution is 6.14. The summed E-state index contributed by atoms with van der Waals surface area (Å²) in [6.45, 7) is 25.4. The number of hydrogen-bond acceptors (Lipinski definition) is 20. The number of piperidine rings is 1. The third-order valence-corrected chi connectivity index (χ3v) is 14.4. The Balaban J connectivity index is 0.000000381. The molecule has 6 aliphatic heterocycles. The zero-order valence-corrected chi connectivity index (χ0v) is 54.2. The molecule has 0 aromatic carbocycles. The fraction of sp³-hybridized carbons (Fsp3) is 0.565. The van der Waals surface area contributed by atoms with Gasteiger partial charge in [-0.3, -0.25) is 57.5 Å². The number of nitriles is 5. The molecule has 0 atom stereocenters. The van der Waals surface area contributed by atoms with Gasteiger partial charge in [-0.2, -0.15) is 36.3 Å². The summed E-state index contributed by atoms with van der Waals surface area (Å²) in [6.07, 6.45) is 7.36. The van der Waals surface area contributed by atoms with Gasteiger partial charge in [-0.05, 0) is 95.1 Å². The van der Waals surface area contributed by atoms with E-state index in [1.165, 1.54) is 22.1 Å². The van der Waals surface area contributed by atoms with Crippen molar-refractivity contribution >= 4 is 70.9 Å². The number of carbonyl (C=O) groups excluding carboxylic acids is 12. The number of hydrazine groups is 5. The molecule has 1 saturated heterocycles. The molecule has 0 spiro atoms. The highest BCUT2D eigenvalue weighted by Crippen LogP contribution is 2.28. The van der Waals surface area contributed by atoms with Gasteiger partial charge in [0.25, 0.3) is 41.4 Å². The van der Waals surface area contributed by atoms with E-state index in [0.29, 0.717) is 41.0 Å². The summed E-state index contributed by atoms with van der Waals surface area (Å²) in [7, 11) is 4.53. The van der Waals surface area contributed by atoms with Gasteiger partial charge in [-0.1, -0.05) is 67.7 Å². The maximum atomic E-state index is 12.3. The summed E-state index contributed by atoms with van der Waals surface area (Å²) in [6, 6.07) is 9.24. The molecule has 478 valence electrons. The summed E-state index contributed by atoms with van der Waals surface area (Å²) in [5, 5.41) is 56.6. The molecule has 12 amide bonds. The highest BCUT2D eigenvalue weighted by atomic mass is 16.2. The average molecular weight is 1230 g/mol. The number of carbonyl (C=O) groups is 12. The number of unbranched alkanes of at least 4 members (excludes halogenated alkanes) is 2. The molecule has 0 unspecified atom stereocenters. The maximum absolute atomic E-state index is 12.3. The summed E-state index contributed by atoms with van der Waals surface area (Å²) in [4.78, 5) is 144. The van der Waals surface area contributed by atoms with E-state index in [1.807, 2.05) is 24.3 Å². The van der Waals surface area contributed by atoms with Crippen LogP contribution in [0.3, 0.4) is 0 Å². The lowest BCUT2D eigenvalue weighted by molar-refractivity contribution is -0.175. The first-order valence-corrected chi connectivity index (χ1v) is 29.3. The minimum Gasteiger partial charge on any atom is -0.273 e. The van der Waals surface area contributed by atoms with E-state index in [1.54, 1.807) is 106 Å². The van der Waals surface area contributed by atoms with Gasteiger partial charge in [-0.15, -0.1) is 0 Å². The zero-order valence-electron chi connectivity index (χ0n) is 54.2. The highest BCUT2D eigenvalue weighted by Gasteiger charge is 2.42. The maximum Gasteiger partial charge on any atom is 0.290 e. The van der Waals surface area contributed by atoms with E-state index in [2.05, 4.69) is 13.8 Å². The van der Waals surface area contributed by atoms with Gasteiger partial charge in [-0.25, -0.2) is 40.1 Å². The number of hydrogen-bond donors (Lipinski definition) is 0. The average Bonchev–Trinajstić information content (AvgIpc) is 2.69. The number of rotatable bonds is 13. The second-order valence-corrected chi connectivity index (χ2v) is 23.1. The van der Waals surface area contributed by atoms with Gasteiger partial charge in [0, 0.05) is 65.2 Å². The Morgan fingerprint density at radius 2 is 0.809 bits per heavy atom. The smallest absolute Gasteiger partial charge is 0.273 e. The van der Waals surface area contributed by atoms with E-state index >= 15 is 0 Å². The lowest BCUT2D eigenvalue weighted by atomic mass is 9.95. The van der Waals surface area contributed by atoms with Crippen LogP contribution in [0, 0.1) is 68.0 Å². The van der Waals surface area contributed by atoms with E-state index < -0.39 is 46.8 Å². The molecule has 6 aliphatic rings. The molecule has 89 heavy (non-hydrogen) atoms. The van der Waals surface area contributed by atoms with Crippen molar-refractivity contribution in [1.82, 2.24) is 50.1 Å². The third-order valence-electron chi connectivity index (χ3n) is 14.4. The monoisotopic (exact) mass is 1230 g/mol. The standard InChI is InChI=1S/C15H23N3O2.C14H19N3O3.C12H15N3O3.C12H15N3O2.C9H11N3O2/c1-4-6-8-17(9-7-5-2)18-14(19)10-12(3)13(11-16)15(18)20;1-6-16(13(20)14(3,4)5)17-11(18)7-9(2)10(8-15)12(17)19;1-7(2)11(17)14(4)15-10(16)5-8(3)9(6-13)12(15)18;1-9-7-11(16)15(12(17)10(9)8-13)14-5-3-2-4-6-14;1-6-4-8(13)12(11(2)3)9(14)7(6)5-10/h4-10H2,1-3H3;6-7H2,1-5H3;7H,5H2,1-4H3;2-7H2,1H3;4H2,1-3H3. The molecular weight excluding hydrogens is 1150 g/mol. The molecule has 0 aromatic heterocycles. The lowest BCUT2D eigenvalue weighted by Gasteiger charge is -2.37. The normalized spacial score (nSPS) is 17.7. The third kappa shape index (κ3) is 18.8. The van der Waals surface area contributed by atoms with E-state index in [9.17, 15) is 57.5 Å². The first-order chi connectivity index (χ1) is 41.6. The minimum absolute atomic E-state index is 0.0235. The summed E-state index contributed by atoms with van der Waals surface area (Å²) >= 11 is 0. The predicted molar refractivity (Wildman–Crippen MR) is 319 cm³/mol. The Hall–Kier alpha value is -9.33. The molecule has 0 bridgehead atoms. The van der Waals surface area contributed by atoms with E-state index in [0.717, 1.165) is 83.1 Å². The molecule has 27 heteroatoms. The quantitative estimate of drug-likeness (QED) is 0.207. The predicted octanol–water partition coefficient (Wildman–Crippen LogP) is 5.46. The largest absolute Gasteiger partial charge is 0.290 e. The van der Waals surface area contributed by atoms with Crippen LogP contribution >= 0.6 is 0 Å². The van der Waals surface area contributed by atoms with Crippen LogP contribution in [-0.4, -0.2) is 175 Å². The molecule has 6 heterocycles. The fourth-order valence-corrected chi connectivity index (χ4v) is 9.51. The Morgan fingerprint density at radius 3 is 1.16 bits per heavy atom. The van der Waals surface area contributed by atoms with Gasteiger partial charge >= 0.3 is 0 Å². The number of nitrogens with zero attached hydrogens (tertiary/aromatic N) is 15.